The van der Waals surface area contributed by atoms with Crippen molar-refractivity contribution in [3.8, 4) is 0 Å². The van der Waals surface area contributed by atoms with E-state index in [0.717, 1.165) is 38.7 Å². The molecule has 9 heteroatoms. The number of guanidine groups is 1. The highest BCUT2D eigenvalue weighted by molar-refractivity contribution is 14.0. The Morgan fingerprint density at radius 3 is 2.62 bits per heavy atom. The molecule has 1 saturated heterocycles. The van der Waals surface area contributed by atoms with Gasteiger partial charge in [0, 0.05) is 58.2 Å². The van der Waals surface area contributed by atoms with Crippen molar-refractivity contribution in [1.29, 1.82) is 0 Å². The van der Waals surface area contributed by atoms with E-state index in [1.807, 2.05) is 0 Å². The molecule has 0 bridgehead atoms. The van der Waals surface area contributed by atoms with Crippen molar-refractivity contribution in [2.75, 3.05) is 53.4 Å². The van der Waals surface area contributed by atoms with E-state index >= 15 is 0 Å². The molecular weight excluding hydrogens is 529 g/mol. The summed E-state index contributed by atoms with van der Waals surface area (Å²) in [4.78, 5) is 23.9. The van der Waals surface area contributed by atoms with Crippen molar-refractivity contribution < 1.29 is 4.79 Å². The first kappa shape index (κ1) is 23.4. The largest absolute Gasteiger partial charge is 0.353 e. The number of piperazine rings is 1. The van der Waals surface area contributed by atoms with Crippen LogP contribution in [0.3, 0.4) is 0 Å². The van der Waals surface area contributed by atoms with E-state index in [9.17, 15) is 4.79 Å². The standard InChI is InChI=1S/C17H26BrN5OS.HI/c1-4-7-19-17(20-12-16(24)21(2)3)23-10-8-22(9-11-23)13-14-5-6-15(18)25-14;/h4-6H,1,7-13H2,2-3H3,(H,19,20);1H. The van der Waals surface area contributed by atoms with Gasteiger partial charge in [0.25, 0.3) is 0 Å². The number of carbonyl (C=O) groups excluding carboxylic acids is 1. The van der Waals surface area contributed by atoms with Gasteiger partial charge in [0.15, 0.2) is 5.96 Å². The van der Waals surface area contributed by atoms with Crippen LogP contribution in [0, 0.1) is 0 Å². The van der Waals surface area contributed by atoms with E-state index in [0.29, 0.717) is 6.54 Å². The van der Waals surface area contributed by atoms with E-state index in [4.69, 9.17) is 0 Å². The van der Waals surface area contributed by atoms with Crippen molar-refractivity contribution >= 4 is 63.1 Å². The van der Waals surface area contributed by atoms with Gasteiger partial charge in [0.05, 0.1) is 3.79 Å². The average Bonchev–Trinajstić information content (AvgIpc) is 3.00. The van der Waals surface area contributed by atoms with E-state index in [2.05, 4.69) is 54.8 Å². The van der Waals surface area contributed by atoms with Gasteiger partial charge in [-0.15, -0.1) is 41.9 Å². The van der Waals surface area contributed by atoms with E-state index in [1.165, 1.54) is 8.66 Å². The summed E-state index contributed by atoms with van der Waals surface area (Å²) >= 11 is 5.30. The van der Waals surface area contributed by atoms with Crippen LogP contribution >= 0.6 is 51.2 Å². The van der Waals surface area contributed by atoms with Crippen LogP contribution in [0.2, 0.25) is 0 Å². The van der Waals surface area contributed by atoms with Crippen molar-refractivity contribution in [3.05, 3.63) is 33.5 Å². The number of halogens is 2. The minimum absolute atomic E-state index is 0. The third-order valence-corrected chi connectivity index (χ3v) is 5.56. The Kier molecular flexibility index (Phi) is 10.7. The van der Waals surface area contributed by atoms with Crippen molar-refractivity contribution in [3.63, 3.8) is 0 Å². The summed E-state index contributed by atoms with van der Waals surface area (Å²) in [6.45, 7) is 9.27. The number of hydrogen-bond donors (Lipinski definition) is 1. The summed E-state index contributed by atoms with van der Waals surface area (Å²) in [5, 5.41) is 3.27. The number of likely N-dealkylation sites (N-methyl/N-ethyl adjacent to an activating group) is 1. The minimum Gasteiger partial charge on any atom is -0.353 e. The Balaban J connectivity index is 0.00000338. The maximum absolute atomic E-state index is 11.8. The summed E-state index contributed by atoms with van der Waals surface area (Å²) in [5.74, 6) is 0.786. The van der Waals surface area contributed by atoms with Crippen LogP contribution in [-0.4, -0.2) is 79.9 Å². The molecule has 2 rings (SSSR count). The molecule has 1 aromatic heterocycles. The first-order valence-electron chi connectivity index (χ1n) is 8.30. The fourth-order valence-corrected chi connectivity index (χ4v) is 4.02. The molecule has 26 heavy (non-hydrogen) atoms. The third kappa shape index (κ3) is 7.53. The highest BCUT2D eigenvalue weighted by Crippen LogP contribution is 2.23. The molecule has 0 aromatic carbocycles. The number of hydrogen-bond acceptors (Lipinski definition) is 4. The van der Waals surface area contributed by atoms with Gasteiger partial charge in [-0.25, -0.2) is 4.99 Å². The Hall–Kier alpha value is -0.650. The van der Waals surface area contributed by atoms with E-state index in [1.54, 1.807) is 36.4 Å². The molecule has 0 aliphatic carbocycles. The molecule has 0 atom stereocenters. The van der Waals surface area contributed by atoms with Gasteiger partial charge in [-0.1, -0.05) is 6.08 Å². The molecule has 0 spiro atoms. The van der Waals surface area contributed by atoms with Crippen LogP contribution in [0.15, 0.2) is 33.6 Å². The number of aliphatic imine (C=N–C) groups is 1. The van der Waals surface area contributed by atoms with Crippen LogP contribution in [0.1, 0.15) is 4.88 Å². The Morgan fingerprint density at radius 2 is 2.08 bits per heavy atom. The summed E-state index contributed by atoms with van der Waals surface area (Å²) in [6.07, 6.45) is 1.80. The molecule has 2 heterocycles. The smallest absolute Gasteiger partial charge is 0.243 e. The topological polar surface area (TPSA) is 51.2 Å². The predicted octanol–water partition coefficient (Wildman–Crippen LogP) is 2.47. The fraction of sp³-hybridized carbons (Fsp3) is 0.529. The lowest BCUT2D eigenvalue weighted by Gasteiger charge is -2.36. The number of rotatable bonds is 6. The summed E-state index contributed by atoms with van der Waals surface area (Å²) in [7, 11) is 3.49. The first-order chi connectivity index (χ1) is 12.0. The van der Waals surface area contributed by atoms with Crippen LogP contribution in [0.5, 0.6) is 0 Å². The van der Waals surface area contributed by atoms with Crippen LogP contribution in [0.4, 0.5) is 0 Å². The molecule has 6 nitrogen and oxygen atoms in total. The SMILES string of the molecule is C=CCNC(=NCC(=O)N(C)C)N1CCN(Cc2ccc(Br)s2)CC1.I. The second-order valence-corrected chi connectivity index (χ2v) is 8.61. The lowest BCUT2D eigenvalue weighted by atomic mass is 10.3. The number of thiophene rings is 1. The van der Waals surface area contributed by atoms with Gasteiger partial charge in [0.1, 0.15) is 6.54 Å². The van der Waals surface area contributed by atoms with Gasteiger partial charge in [-0.3, -0.25) is 9.69 Å². The molecule has 1 N–H and O–H groups in total. The van der Waals surface area contributed by atoms with E-state index < -0.39 is 0 Å². The molecule has 1 aliphatic rings. The second kappa shape index (κ2) is 11.9. The van der Waals surface area contributed by atoms with Crippen molar-refractivity contribution in [1.82, 2.24) is 20.0 Å². The van der Waals surface area contributed by atoms with Crippen LogP contribution < -0.4 is 5.32 Å². The van der Waals surface area contributed by atoms with Gasteiger partial charge >= 0.3 is 0 Å². The monoisotopic (exact) mass is 555 g/mol. The quantitative estimate of drug-likeness (QED) is 0.254. The molecule has 1 amide bonds. The predicted molar refractivity (Wildman–Crippen MR) is 123 cm³/mol. The normalized spacial score (nSPS) is 15.3. The maximum Gasteiger partial charge on any atom is 0.243 e. The number of nitrogens with one attached hydrogen (secondary N) is 1. The van der Waals surface area contributed by atoms with Crippen LogP contribution in [-0.2, 0) is 11.3 Å². The molecule has 0 radical (unpaired) electrons. The molecular formula is C17H27BrIN5OS. The highest BCUT2D eigenvalue weighted by atomic mass is 127. The van der Waals surface area contributed by atoms with Crippen molar-refractivity contribution in [2.45, 2.75) is 6.54 Å². The summed E-state index contributed by atoms with van der Waals surface area (Å²) < 4.78 is 1.18. The molecule has 1 aliphatic heterocycles. The summed E-state index contributed by atoms with van der Waals surface area (Å²) in [5.41, 5.74) is 0. The van der Waals surface area contributed by atoms with Gasteiger partial charge in [0.2, 0.25) is 5.91 Å². The molecule has 146 valence electrons. The zero-order valence-electron chi connectivity index (χ0n) is 15.3. The summed E-state index contributed by atoms with van der Waals surface area (Å²) in [6, 6.07) is 4.27. The second-order valence-electron chi connectivity index (χ2n) is 6.07. The Labute approximate surface area is 185 Å². The minimum atomic E-state index is -0.000175. The number of nitrogens with zero attached hydrogens (tertiary/aromatic N) is 4. The zero-order valence-corrected chi connectivity index (χ0v) is 20.0. The Morgan fingerprint density at radius 1 is 1.38 bits per heavy atom. The molecule has 0 saturated carbocycles. The Bertz CT molecular complexity index is 614. The lowest BCUT2D eigenvalue weighted by molar-refractivity contribution is -0.127. The van der Waals surface area contributed by atoms with Crippen LogP contribution in [0.25, 0.3) is 0 Å². The number of amides is 1. The maximum atomic E-state index is 11.8. The molecule has 1 fully saturated rings. The lowest BCUT2D eigenvalue weighted by Crippen LogP contribution is -2.52. The number of carbonyl (C=O) groups is 1. The van der Waals surface area contributed by atoms with Crippen molar-refractivity contribution in [2.24, 2.45) is 4.99 Å². The first-order valence-corrected chi connectivity index (χ1v) is 9.91. The third-order valence-electron chi connectivity index (χ3n) is 3.95. The molecule has 1 aromatic rings. The van der Waals surface area contributed by atoms with Gasteiger partial charge in [-0.05, 0) is 28.1 Å². The van der Waals surface area contributed by atoms with Gasteiger partial charge < -0.3 is 15.1 Å². The fourth-order valence-electron chi connectivity index (χ4n) is 2.49. The molecule has 0 unspecified atom stereocenters. The van der Waals surface area contributed by atoms with E-state index in [-0.39, 0.29) is 36.4 Å². The average molecular weight is 556 g/mol. The highest BCUT2D eigenvalue weighted by Gasteiger charge is 2.20. The zero-order chi connectivity index (χ0) is 18.2. The van der Waals surface area contributed by atoms with Gasteiger partial charge in [-0.2, -0.15) is 0 Å².